The van der Waals surface area contributed by atoms with Crippen molar-refractivity contribution in [1.29, 1.82) is 0 Å². The summed E-state index contributed by atoms with van der Waals surface area (Å²) < 4.78 is 0. The fraction of sp³-hybridized carbons (Fsp3) is 0.588. The Bertz CT molecular complexity index is 458. The molecule has 2 rings (SSSR count). The Morgan fingerprint density at radius 2 is 2.10 bits per heavy atom. The third-order valence-electron chi connectivity index (χ3n) is 4.05. The molecule has 4 heteroatoms. The van der Waals surface area contributed by atoms with E-state index < -0.39 is 0 Å². The van der Waals surface area contributed by atoms with E-state index in [0.29, 0.717) is 6.04 Å². The molecule has 1 aliphatic heterocycles. The molecule has 1 aromatic carbocycles. The summed E-state index contributed by atoms with van der Waals surface area (Å²) in [6.45, 7) is 8.93. The number of hydrogen-bond donors (Lipinski definition) is 2. The van der Waals surface area contributed by atoms with Crippen LogP contribution in [-0.2, 0) is 4.79 Å². The molecule has 1 fully saturated rings. The van der Waals surface area contributed by atoms with Gasteiger partial charge in [0.25, 0.3) is 0 Å². The van der Waals surface area contributed by atoms with Gasteiger partial charge in [-0.15, -0.1) is 0 Å². The van der Waals surface area contributed by atoms with Crippen LogP contribution in [0.5, 0.6) is 0 Å². The molecule has 1 aliphatic rings. The van der Waals surface area contributed by atoms with E-state index in [-0.39, 0.29) is 11.9 Å². The maximum absolute atomic E-state index is 11.1. The molecule has 21 heavy (non-hydrogen) atoms. The Kier molecular flexibility index (Phi) is 5.62. The maximum atomic E-state index is 11.1. The highest BCUT2D eigenvalue weighted by Gasteiger charge is 2.23. The van der Waals surface area contributed by atoms with E-state index in [9.17, 15) is 4.79 Å². The van der Waals surface area contributed by atoms with Gasteiger partial charge in [-0.3, -0.25) is 4.79 Å². The van der Waals surface area contributed by atoms with Crippen LogP contribution in [0.25, 0.3) is 0 Å². The molecule has 2 atom stereocenters. The van der Waals surface area contributed by atoms with Crippen LogP contribution in [0.4, 0.5) is 5.69 Å². The van der Waals surface area contributed by atoms with Crippen LogP contribution >= 0.6 is 0 Å². The van der Waals surface area contributed by atoms with Crippen molar-refractivity contribution in [3.05, 3.63) is 29.8 Å². The SMILES string of the molecule is CCCNC(C)c1ccc(N2CCC(NC(C)=O)C2)cc1. The normalized spacial score (nSPS) is 19.6. The first-order chi connectivity index (χ1) is 10.1. The summed E-state index contributed by atoms with van der Waals surface area (Å²) in [5.41, 5.74) is 2.57. The summed E-state index contributed by atoms with van der Waals surface area (Å²) in [4.78, 5) is 13.5. The molecular formula is C17H27N3O. The van der Waals surface area contributed by atoms with Gasteiger partial charge in [0.15, 0.2) is 0 Å². The fourth-order valence-electron chi connectivity index (χ4n) is 2.85. The van der Waals surface area contributed by atoms with Crippen LogP contribution in [-0.4, -0.2) is 31.6 Å². The van der Waals surface area contributed by atoms with E-state index in [1.807, 2.05) is 0 Å². The number of anilines is 1. The third-order valence-corrected chi connectivity index (χ3v) is 4.05. The molecule has 1 saturated heterocycles. The van der Waals surface area contributed by atoms with Crippen LogP contribution in [0.3, 0.4) is 0 Å². The second kappa shape index (κ2) is 7.46. The lowest BCUT2D eigenvalue weighted by molar-refractivity contribution is -0.119. The predicted molar refractivity (Wildman–Crippen MR) is 87.6 cm³/mol. The quantitative estimate of drug-likeness (QED) is 0.845. The highest BCUT2D eigenvalue weighted by atomic mass is 16.1. The molecule has 2 unspecified atom stereocenters. The van der Waals surface area contributed by atoms with Crippen LogP contribution in [0.1, 0.15) is 45.2 Å². The standard InChI is InChI=1S/C17H27N3O/c1-4-10-18-13(2)15-5-7-17(8-6-15)20-11-9-16(12-20)19-14(3)21/h5-8,13,16,18H,4,9-12H2,1-3H3,(H,19,21). The van der Waals surface area contributed by atoms with E-state index in [1.165, 1.54) is 11.3 Å². The Morgan fingerprint density at radius 1 is 1.38 bits per heavy atom. The van der Waals surface area contributed by atoms with Crippen molar-refractivity contribution in [3.63, 3.8) is 0 Å². The van der Waals surface area contributed by atoms with Crippen molar-refractivity contribution in [3.8, 4) is 0 Å². The maximum Gasteiger partial charge on any atom is 0.217 e. The number of rotatable bonds is 6. The van der Waals surface area contributed by atoms with Crippen molar-refractivity contribution in [2.45, 2.75) is 45.7 Å². The number of carbonyl (C=O) groups is 1. The van der Waals surface area contributed by atoms with E-state index >= 15 is 0 Å². The van der Waals surface area contributed by atoms with E-state index in [1.54, 1.807) is 6.92 Å². The lowest BCUT2D eigenvalue weighted by Gasteiger charge is -2.20. The van der Waals surface area contributed by atoms with E-state index in [0.717, 1.165) is 32.5 Å². The number of nitrogens with zero attached hydrogens (tertiary/aromatic N) is 1. The molecule has 1 amide bonds. The largest absolute Gasteiger partial charge is 0.369 e. The van der Waals surface area contributed by atoms with Crippen LogP contribution in [0.2, 0.25) is 0 Å². The van der Waals surface area contributed by atoms with Crippen LogP contribution in [0.15, 0.2) is 24.3 Å². The molecule has 4 nitrogen and oxygen atoms in total. The number of amides is 1. The topological polar surface area (TPSA) is 44.4 Å². The fourth-order valence-corrected chi connectivity index (χ4v) is 2.85. The minimum Gasteiger partial charge on any atom is -0.369 e. The zero-order valence-corrected chi connectivity index (χ0v) is 13.4. The summed E-state index contributed by atoms with van der Waals surface area (Å²) in [5, 5.41) is 6.51. The Hall–Kier alpha value is -1.55. The Balaban J connectivity index is 1.92. The molecule has 0 spiro atoms. The first-order valence-corrected chi connectivity index (χ1v) is 7.95. The van der Waals surface area contributed by atoms with Gasteiger partial charge in [0.05, 0.1) is 0 Å². The molecule has 1 heterocycles. The minimum absolute atomic E-state index is 0.0630. The zero-order valence-electron chi connectivity index (χ0n) is 13.4. The summed E-state index contributed by atoms with van der Waals surface area (Å²) >= 11 is 0. The molecule has 0 bridgehead atoms. The Labute approximate surface area is 127 Å². The van der Waals surface area contributed by atoms with Gasteiger partial charge >= 0.3 is 0 Å². The van der Waals surface area contributed by atoms with Crippen LogP contribution in [0, 0.1) is 0 Å². The molecule has 0 saturated carbocycles. The third kappa shape index (κ3) is 4.46. The number of nitrogens with one attached hydrogen (secondary N) is 2. The van der Waals surface area contributed by atoms with Gasteiger partial charge in [-0.25, -0.2) is 0 Å². The highest BCUT2D eigenvalue weighted by Crippen LogP contribution is 2.23. The molecule has 0 radical (unpaired) electrons. The van der Waals surface area contributed by atoms with Gasteiger partial charge in [0.2, 0.25) is 5.91 Å². The first kappa shape index (κ1) is 15.8. The van der Waals surface area contributed by atoms with Gasteiger partial charge in [-0.2, -0.15) is 0 Å². The second-order valence-electron chi connectivity index (χ2n) is 5.90. The second-order valence-corrected chi connectivity index (χ2v) is 5.90. The predicted octanol–water partition coefficient (Wildman–Crippen LogP) is 2.46. The van der Waals surface area contributed by atoms with E-state index in [4.69, 9.17) is 0 Å². The summed E-state index contributed by atoms with van der Waals surface area (Å²) in [7, 11) is 0. The molecule has 1 aromatic rings. The summed E-state index contributed by atoms with van der Waals surface area (Å²) in [6, 6.07) is 9.46. The van der Waals surface area contributed by atoms with Crippen molar-refractivity contribution >= 4 is 11.6 Å². The molecule has 0 aliphatic carbocycles. The first-order valence-electron chi connectivity index (χ1n) is 7.95. The van der Waals surface area contributed by atoms with E-state index in [2.05, 4.69) is 53.6 Å². The Morgan fingerprint density at radius 3 is 2.71 bits per heavy atom. The highest BCUT2D eigenvalue weighted by molar-refractivity contribution is 5.73. The van der Waals surface area contributed by atoms with Gasteiger partial charge < -0.3 is 15.5 Å². The van der Waals surface area contributed by atoms with Gasteiger partial charge in [-0.05, 0) is 44.0 Å². The average molecular weight is 289 g/mol. The minimum atomic E-state index is 0.0630. The molecule has 0 aromatic heterocycles. The van der Waals surface area contributed by atoms with Gasteiger partial charge in [0.1, 0.15) is 0 Å². The van der Waals surface area contributed by atoms with Crippen molar-refractivity contribution in [2.75, 3.05) is 24.5 Å². The molecule has 116 valence electrons. The number of benzene rings is 1. The number of hydrogen-bond acceptors (Lipinski definition) is 3. The lowest BCUT2D eigenvalue weighted by Crippen LogP contribution is -2.35. The smallest absolute Gasteiger partial charge is 0.217 e. The van der Waals surface area contributed by atoms with Gasteiger partial charge in [0, 0.05) is 37.8 Å². The zero-order chi connectivity index (χ0) is 15.2. The summed E-state index contributed by atoms with van der Waals surface area (Å²) in [5.74, 6) is 0.0630. The van der Waals surface area contributed by atoms with Crippen molar-refractivity contribution in [1.82, 2.24) is 10.6 Å². The molecule has 2 N–H and O–H groups in total. The lowest BCUT2D eigenvalue weighted by atomic mass is 10.1. The van der Waals surface area contributed by atoms with Gasteiger partial charge in [-0.1, -0.05) is 19.1 Å². The average Bonchev–Trinajstić information content (AvgIpc) is 2.92. The monoisotopic (exact) mass is 289 g/mol. The van der Waals surface area contributed by atoms with Crippen molar-refractivity contribution in [2.24, 2.45) is 0 Å². The molecular weight excluding hydrogens is 262 g/mol. The van der Waals surface area contributed by atoms with Crippen LogP contribution < -0.4 is 15.5 Å². The van der Waals surface area contributed by atoms with Crippen molar-refractivity contribution < 1.29 is 4.79 Å². The summed E-state index contributed by atoms with van der Waals surface area (Å²) in [6.07, 6.45) is 2.18. The number of carbonyl (C=O) groups excluding carboxylic acids is 1.